The number of aromatic nitrogens is 1. The first-order valence-corrected chi connectivity index (χ1v) is 5.39. The van der Waals surface area contributed by atoms with E-state index in [-0.39, 0.29) is 5.75 Å². The molecule has 3 heteroatoms. The Morgan fingerprint density at radius 1 is 1.12 bits per heavy atom. The zero-order valence-electron chi connectivity index (χ0n) is 9.34. The predicted octanol–water partition coefficient (Wildman–Crippen LogP) is 3.51. The smallest absolute Gasteiger partial charge is 0.227 e. The maximum atomic E-state index is 9.48. The minimum Gasteiger partial charge on any atom is -0.508 e. The van der Waals surface area contributed by atoms with Crippen molar-refractivity contribution in [2.24, 2.45) is 0 Å². The molecule has 0 aliphatic carbocycles. The fourth-order valence-electron chi connectivity index (χ4n) is 1.78. The van der Waals surface area contributed by atoms with Crippen molar-refractivity contribution in [2.75, 3.05) is 0 Å². The molecule has 17 heavy (non-hydrogen) atoms. The van der Waals surface area contributed by atoms with Gasteiger partial charge in [-0.05, 0) is 42.8 Å². The van der Waals surface area contributed by atoms with E-state index in [1.54, 1.807) is 12.1 Å². The summed E-state index contributed by atoms with van der Waals surface area (Å²) >= 11 is 0. The van der Waals surface area contributed by atoms with Gasteiger partial charge < -0.3 is 9.52 Å². The van der Waals surface area contributed by atoms with Crippen molar-refractivity contribution in [3.05, 3.63) is 48.0 Å². The van der Waals surface area contributed by atoms with Crippen molar-refractivity contribution in [3.8, 4) is 17.2 Å². The number of rotatable bonds is 1. The number of para-hydroxylation sites is 2. The van der Waals surface area contributed by atoms with E-state index in [0.717, 1.165) is 22.2 Å². The summed E-state index contributed by atoms with van der Waals surface area (Å²) in [5, 5.41) is 9.48. The predicted molar refractivity (Wildman–Crippen MR) is 65.8 cm³/mol. The first kappa shape index (κ1) is 9.90. The van der Waals surface area contributed by atoms with Crippen LogP contribution in [-0.2, 0) is 0 Å². The van der Waals surface area contributed by atoms with Crippen molar-refractivity contribution >= 4 is 11.1 Å². The van der Waals surface area contributed by atoms with E-state index in [4.69, 9.17) is 4.42 Å². The van der Waals surface area contributed by atoms with Gasteiger partial charge >= 0.3 is 0 Å². The van der Waals surface area contributed by atoms with Crippen molar-refractivity contribution in [1.29, 1.82) is 0 Å². The lowest BCUT2D eigenvalue weighted by atomic mass is 10.1. The Morgan fingerprint density at radius 3 is 2.71 bits per heavy atom. The van der Waals surface area contributed by atoms with E-state index in [2.05, 4.69) is 4.98 Å². The van der Waals surface area contributed by atoms with Crippen LogP contribution in [0, 0.1) is 6.92 Å². The van der Waals surface area contributed by atoms with Gasteiger partial charge in [-0.2, -0.15) is 0 Å². The average molecular weight is 225 g/mol. The molecule has 1 heterocycles. The maximum absolute atomic E-state index is 9.48. The third-order valence-electron chi connectivity index (χ3n) is 2.74. The molecule has 0 unspecified atom stereocenters. The van der Waals surface area contributed by atoms with Gasteiger partial charge in [0.05, 0.1) is 0 Å². The molecule has 3 nitrogen and oxygen atoms in total. The highest BCUT2D eigenvalue weighted by Gasteiger charge is 2.08. The number of fused-ring (bicyclic) bond motifs is 1. The Hall–Kier alpha value is -2.29. The second-order valence-corrected chi connectivity index (χ2v) is 3.99. The van der Waals surface area contributed by atoms with Gasteiger partial charge in [-0.1, -0.05) is 12.1 Å². The number of phenolic OH excluding ortho intramolecular Hbond substituents is 1. The molecular weight excluding hydrogens is 214 g/mol. The number of hydrogen-bond donors (Lipinski definition) is 1. The molecule has 1 aromatic heterocycles. The fraction of sp³-hybridized carbons (Fsp3) is 0.0714. The van der Waals surface area contributed by atoms with Crippen molar-refractivity contribution in [2.45, 2.75) is 6.92 Å². The van der Waals surface area contributed by atoms with Crippen LogP contribution >= 0.6 is 0 Å². The molecule has 0 spiro atoms. The van der Waals surface area contributed by atoms with Crippen LogP contribution in [0.4, 0.5) is 0 Å². The molecule has 1 N–H and O–H groups in total. The van der Waals surface area contributed by atoms with E-state index in [1.165, 1.54) is 0 Å². The van der Waals surface area contributed by atoms with E-state index in [0.29, 0.717) is 5.89 Å². The lowest BCUT2D eigenvalue weighted by Gasteiger charge is -1.99. The molecule has 0 radical (unpaired) electrons. The maximum Gasteiger partial charge on any atom is 0.227 e. The van der Waals surface area contributed by atoms with Crippen LogP contribution in [0.3, 0.4) is 0 Å². The zero-order valence-corrected chi connectivity index (χ0v) is 9.34. The number of nitrogens with zero attached hydrogens (tertiary/aromatic N) is 1. The second-order valence-electron chi connectivity index (χ2n) is 3.99. The SMILES string of the molecule is Cc1cc(-c2nc3ccccc3o2)ccc1O. The zero-order chi connectivity index (χ0) is 11.8. The molecule has 3 aromatic rings. The van der Waals surface area contributed by atoms with Crippen LogP contribution in [0.1, 0.15) is 5.56 Å². The lowest BCUT2D eigenvalue weighted by molar-refractivity contribution is 0.471. The number of hydrogen-bond acceptors (Lipinski definition) is 3. The molecule has 0 saturated carbocycles. The first-order valence-electron chi connectivity index (χ1n) is 5.39. The number of aryl methyl sites for hydroxylation is 1. The van der Waals surface area contributed by atoms with E-state index in [9.17, 15) is 5.11 Å². The van der Waals surface area contributed by atoms with Gasteiger partial charge in [0.2, 0.25) is 5.89 Å². The minimum absolute atomic E-state index is 0.282. The largest absolute Gasteiger partial charge is 0.508 e. The minimum atomic E-state index is 0.282. The number of benzene rings is 2. The molecule has 0 atom stereocenters. The highest BCUT2D eigenvalue weighted by atomic mass is 16.3. The molecule has 0 aliphatic heterocycles. The molecule has 0 fully saturated rings. The molecular formula is C14H11NO2. The van der Waals surface area contributed by atoms with Crippen LogP contribution in [0.25, 0.3) is 22.6 Å². The van der Waals surface area contributed by atoms with E-state index >= 15 is 0 Å². The summed E-state index contributed by atoms with van der Waals surface area (Å²) in [5.41, 5.74) is 3.29. The van der Waals surface area contributed by atoms with Crippen molar-refractivity contribution in [3.63, 3.8) is 0 Å². The van der Waals surface area contributed by atoms with Gasteiger partial charge in [0.15, 0.2) is 5.58 Å². The second kappa shape index (κ2) is 3.63. The number of aromatic hydroxyl groups is 1. The van der Waals surface area contributed by atoms with Crippen LogP contribution in [-0.4, -0.2) is 10.1 Å². The number of phenols is 1. The standard InChI is InChI=1S/C14H11NO2/c1-9-8-10(6-7-12(9)16)14-15-11-4-2-3-5-13(11)17-14/h2-8,16H,1H3. The molecule has 0 aliphatic rings. The first-order chi connectivity index (χ1) is 8.24. The Morgan fingerprint density at radius 2 is 1.94 bits per heavy atom. The highest BCUT2D eigenvalue weighted by molar-refractivity contribution is 5.76. The molecule has 0 bridgehead atoms. The summed E-state index contributed by atoms with van der Waals surface area (Å²) in [6, 6.07) is 13.0. The van der Waals surface area contributed by atoms with Crippen molar-refractivity contribution < 1.29 is 9.52 Å². The van der Waals surface area contributed by atoms with Gasteiger partial charge in [0.1, 0.15) is 11.3 Å². The molecule has 2 aromatic carbocycles. The summed E-state index contributed by atoms with van der Waals surface area (Å²) in [4.78, 5) is 4.41. The molecule has 84 valence electrons. The Kier molecular flexibility index (Phi) is 2.11. The molecule has 0 saturated heterocycles. The third-order valence-corrected chi connectivity index (χ3v) is 2.74. The fourth-order valence-corrected chi connectivity index (χ4v) is 1.78. The van der Waals surface area contributed by atoms with E-state index < -0.39 is 0 Å². The molecule has 3 rings (SSSR count). The van der Waals surface area contributed by atoms with Gasteiger partial charge in [-0.3, -0.25) is 0 Å². The summed E-state index contributed by atoms with van der Waals surface area (Å²) in [7, 11) is 0. The topological polar surface area (TPSA) is 46.3 Å². The van der Waals surface area contributed by atoms with Crippen LogP contribution in [0.15, 0.2) is 46.9 Å². The summed E-state index contributed by atoms with van der Waals surface area (Å²) in [6.45, 7) is 1.85. The Labute approximate surface area is 98.3 Å². The number of oxazole rings is 1. The lowest BCUT2D eigenvalue weighted by Crippen LogP contribution is -1.80. The summed E-state index contributed by atoms with van der Waals surface area (Å²) in [5.74, 6) is 0.860. The van der Waals surface area contributed by atoms with Crippen LogP contribution in [0.5, 0.6) is 5.75 Å². The highest BCUT2D eigenvalue weighted by Crippen LogP contribution is 2.27. The van der Waals surface area contributed by atoms with Crippen LogP contribution in [0.2, 0.25) is 0 Å². The average Bonchev–Trinajstić information content (AvgIpc) is 2.76. The quantitative estimate of drug-likeness (QED) is 0.689. The summed E-state index contributed by atoms with van der Waals surface area (Å²) in [6.07, 6.45) is 0. The normalized spacial score (nSPS) is 10.9. The van der Waals surface area contributed by atoms with E-state index in [1.807, 2.05) is 37.3 Å². The van der Waals surface area contributed by atoms with Crippen molar-refractivity contribution in [1.82, 2.24) is 4.98 Å². The monoisotopic (exact) mass is 225 g/mol. The van der Waals surface area contributed by atoms with Gasteiger partial charge in [0.25, 0.3) is 0 Å². The summed E-state index contributed by atoms with van der Waals surface area (Å²) < 4.78 is 5.66. The Balaban J connectivity index is 2.17. The molecule has 0 amide bonds. The Bertz CT molecular complexity index is 653. The van der Waals surface area contributed by atoms with Crippen LogP contribution < -0.4 is 0 Å². The van der Waals surface area contributed by atoms with Gasteiger partial charge in [-0.25, -0.2) is 4.98 Å². The van der Waals surface area contributed by atoms with Gasteiger partial charge in [-0.15, -0.1) is 0 Å². The van der Waals surface area contributed by atoms with Gasteiger partial charge in [0, 0.05) is 5.56 Å². The third kappa shape index (κ3) is 1.65.